The van der Waals surface area contributed by atoms with Gasteiger partial charge >= 0.3 is 23.9 Å². The first-order valence-electron chi connectivity index (χ1n) is 24.9. The first kappa shape index (κ1) is 42.3. The van der Waals surface area contributed by atoms with Crippen molar-refractivity contribution in [3.8, 4) is 22.3 Å². The van der Waals surface area contributed by atoms with Gasteiger partial charge in [-0.3, -0.25) is 0 Å². The zero-order valence-corrected chi connectivity index (χ0v) is 40.7. The second-order valence-electron chi connectivity index (χ2n) is 21.0. The molecule has 0 bridgehead atoms. The van der Waals surface area contributed by atoms with Crippen molar-refractivity contribution >= 4 is 101 Å². The monoisotopic (exact) mass is 958 g/mol. The Hall–Kier alpha value is -9.40. The van der Waals surface area contributed by atoms with Crippen molar-refractivity contribution in [1.29, 1.82) is 0 Å². The summed E-state index contributed by atoms with van der Waals surface area (Å²) in [5, 5.41) is 5.51. The number of fused-ring (bicyclic) bond motifs is 6. The van der Waals surface area contributed by atoms with Crippen molar-refractivity contribution in [3.05, 3.63) is 226 Å². The molecule has 0 amide bonds. The van der Waals surface area contributed by atoms with Gasteiger partial charge in [-0.1, -0.05) is 137 Å². The Morgan fingerprint density at radius 1 is 0.324 bits per heavy atom. The number of cyclic esters (lactones) is 4. The number of carbonyl (C=O) groups is 4. The molecule has 4 heterocycles. The van der Waals surface area contributed by atoms with E-state index in [1.54, 1.807) is 12.1 Å². The molecule has 8 heteroatoms. The summed E-state index contributed by atoms with van der Waals surface area (Å²) in [5.41, 5.74) is 14.6. The van der Waals surface area contributed by atoms with Crippen LogP contribution in [-0.4, -0.2) is 23.9 Å². The lowest BCUT2D eigenvalue weighted by Gasteiger charge is -2.42. The fourth-order valence-electron chi connectivity index (χ4n) is 13.1. The highest BCUT2D eigenvalue weighted by Gasteiger charge is 2.40. The molecule has 0 unspecified atom stereocenters. The summed E-state index contributed by atoms with van der Waals surface area (Å²) in [6, 6.07) is 61.5. The van der Waals surface area contributed by atoms with Gasteiger partial charge in [-0.15, -0.1) is 0 Å². The Morgan fingerprint density at radius 3 is 0.986 bits per heavy atom. The van der Waals surface area contributed by atoms with E-state index < -0.39 is 23.9 Å². The topological polar surface area (TPSA) is 93.2 Å². The Morgan fingerprint density at radius 2 is 0.649 bits per heavy atom. The van der Waals surface area contributed by atoms with E-state index in [4.69, 9.17) is 9.47 Å². The number of nitrogens with zero attached hydrogens (tertiary/aromatic N) is 2. The normalized spacial score (nSPS) is 15.8. The van der Waals surface area contributed by atoms with Gasteiger partial charge in [-0.05, 0) is 150 Å². The van der Waals surface area contributed by atoms with Crippen LogP contribution >= 0.6 is 0 Å². The number of hydrogen-bond acceptors (Lipinski definition) is 8. The second-order valence-corrected chi connectivity index (χ2v) is 21.0. The van der Waals surface area contributed by atoms with Crippen LogP contribution < -0.4 is 9.80 Å². The summed E-state index contributed by atoms with van der Waals surface area (Å²) in [6.07, 6.45) is 0. The van der Waals surface area contributed by atoms with E-state index in [9.17, 15) is 19.2 Å². The summed E-state index contributed by atoms with van der Waals surface area (Å²) in [5.74, 6) is -2.88. The Kier molecular flexibility index (Phi) is 8.35. The molecule has 0 radical (unpaired) electrons. The second kappa shape index (κ2) is 14.6. The Bertz CT molecular complexity index is 4010. The van der Waals surface area contributed by atoms with Crippen LogP contribution in [0.5, 0.6) is 0 Å². The van der Waals surface area contributed by atoms with Crippen LogP contribution in [0, 0.1) is 0 Å². The molecule has 352 valence electrons. The number of hydrogen-bond donors (Lipinski definition) is 0. The molecule has 0 aromatic heterocycles. The first-order valence-corrected chi connectivity index (χ1v) is 24.9. The van der Waals surface area contributed by atoms with Crippen molar-refractivity contribution < 1.29 is 28.7 Å². The standard InChI is InChI=1S/C66H42N2O6/c1-65(2)47-13-5-9-17-51(47)67(52-18-10-6-14-48(52)65)37-25-21-35(22-26-37)43-33-45-39-29-32-42-58-56(39)46(40-30-31-41-57(55(40)45)59(43)63(71)73-61(41)69)34-44(60(58)64(72)74-62(42)70)36-23-27-38(28-24-36)68-53-19-11-7-15-49(53)66(3,4)50-16-8-12-20-54(50)68/h5-34H,1-4H3. The highest BCUT2D eigenvalue weighted by molar-refractivity contribution is 6.41. The summed E-state index contributed by atoms with van der Waals surface area (Å²) < 4.78 is 11.0. The number of rotatable bonds is 4. The number of ether oxygens (including phenoxy) is 2. The van der Waals surface area contributed by atoms with Gasteiger partial charge in [0, 0.05) is 33.0 Å². The molecule has 0 fully saturated rings. The van der Waals surface area contributed by atoms with Crippen molar-refractivity contribution in [2.45, 2.75) is 38.5 Å². The van der Waals surface area contributed by atoms with Crippen molar-refractivity contribution in [2.75, 3.05) is 9.80 Å². The summed E-state index contributed by atoms with van der Waals surface area (Å²) in [4.78, 5) is 60.7. The summed E-state index contributed by atoms with van der Waals surface area (Å²) in [6.45, 7) is 9.04. The lowest BCUT2D eigenvalue weighted by molar-refractivity contribution is 0.0373. The molecule has 0 atom stereocenters. The molecule has 8 nitrogen and oxygen atoms in total. The predicted octanol–water partition coefficient (Wildman–Crippen LogP) is 15.9. The van der Waals surface area contributed by atoms with Gasteiger partial charge in [-0.2, -0.15) is 0 Å². The SMILES string of the molecule is CC1(C)c2ccccc2N(c2ccc(-c3cc4c5ccc6c7c(c(-c8ccc(N9c%10ccccc%10C(C)(C)c%10ccccc%109)cc8)cc(c8ccc9c(c3C(=O)OC9=O)c84)c75)C(=O)OC6=O)cc2)c2ccccc21. The third-order valence-corrected chi connectivity index (χ3v) is 16.5. The molecule has 0 saturated heterocycles. The maximum absolute atomic E-state index is 14.3. The first-order chi connectivity index (χ1) is 35.9. The van der Waals surface area contributed by atoms with Crippen LogP contribution in [0.1, 0.15) is 91.4 Å². The van der Waals surface area contributed by atoms with E-state index in [1.807, 2.05) is 48.5 Å². The molecule has 0 N–H and O–H groups in total. The maximum Gasteiger partial charge on any atom is 0.347 e. The van der Waals surface area contributed by atoms with E-state index in [-0.39, 0.29) is 22.0 Å². The molecule has 15 rings (SSSR count). The predicted molar refractivity (Wildman–Crippen MR) is 292 cm³/mol. The number of anilines is 6. The van der Waals surface area contributed by atoms with Gasteiger partial charge in [0.2, 0.25) is 0 Å². The van der Waals surface area contributed by atoms with Crippen molar-refractivity contribution in [2.24, 2.45) is 0 Å². The minimum absolute atomic E-state index is 0.220. The number of carbonyl (C=O) groups excluding carboxylic acids is 4. The average molecular weight is 959 g/mol. The smallest absolute Gasteiger partial charge is 0.347 e. The highest BCUT2D eigenvalue weighted by Crippen LogP contribution is 2.55. The average Bonchev–Trinajstić information content (AvgIpc) is 3.56. The van der Waals surface area contributed by atoms with Gasteiger partial charge in [0.05, 0.1) is 45.0 Å². The van der Waals surface area contributed by atoms with Gasteiger partial charge in [0.25, 0.3) is 0 Å². The molecular formula is C66H42N2O6. The molecule has 0 aliphatic carbocycles. The molecule has 11 aromatic rings. The third kappa shape index (κ3) is 5.46. The molecule has 0 spiro atoms. The largest absolute Gasteiger partial charge is 0.386 e. The van der Waals surface area contributed by atoms with Crippen LogP contribution in [0.4, 0.5) is 34.1 Å². The Labute approximate surface area is 424 Å². The minimum atomic E-state index is -0.723. The van der Waals surface area contributed by atoms with E-state index in [1.165, 1.54) is 22.3 Å². The lowest BCUT2D eigenvalue weighted by atomic mass is 9.73. The highest BCUT2D eigenvalue weighted by atomic mass is 16.6. The molecule has 74 heavy (non-hydrogen) atoms. The van der Waals surface area contributed by atoms with E-state index in [0.717, 1.165) is 77.6 Å². The van der Waals surface area contributed by atoms with Crippen LogP contribution in [0.25, 0.3) is 65.3 Å². The quantitative estimate of drug-likeness (QED) is 0.0745. The van der Waals surface area contributed by atoms with E-state index in [0.29, 0.717) is 33.0 Å². The molecule has 4 aliphatic heterocycles. The number of para-hydroxylation sites is 4. The van der Waals surface area contributed by atoms with Gasteiger partial charge in [-0.25, -0.2) is 19.2 Å². The van der Waals surface area contributed by atoms with Crippen LogP contribution in [0.3, 0.4) is 0 Å². The van der Waals surface area contributed by atoms with Gasteiger partial charge in [0.15, 0.2) is 0 Å². The van der Waals surface area contributed by atoms with Crippen molar-refractivity contribution in [1.82, 2.24) is 0 Å². The van der Waals surface area contributed by atoms with Gasteiger partial charge in [0.1, 0.15) is 0 Å². The number of esters is 4. The van der Waals surface area contributed by atoms with E-state index >= 15 is 0 Å². The third-order valence-electron chi connectivity index (χ3n) is 16.5. The van der Waals surface area contributed by atoms with Crippen molar-refractivity contribution in [3.63, 3.8) is 0 Å². The zero-order valence-electron chi connectivity index (χ0n) is 40.7. The fraction of sp³-hybridized carbons (Fsp3) is 0.0909. The molecular weight excluding hydrogens is 917 g/mol. The lowest BCUT2D eigenvalue weighted by Crippen LogP contribution is -2.30. The van der Waals surface area contributed by atoms with Crippen LogP contribution in [-0.2, 0) is 20.3 Å². The van der Waals surface area contributed by atoms with E-state index in [2.05, 4.69) is 159 Å². The number of benzene rings is 11. The molecule has 4 aliphatic rings. The van der Waals surface area contributed by atoms with Gasteiger partial charge < -0.3 is 19.3 Å². The zero-order chi connectivity index (χ0) is 50.1. The van der Waals surface area contributed by atoms with Crippen LogP contribution in [0.15, 0.2) is 182 Å². The Balaban J connectivity index is 0.935. The summed E-state index contributed by atoms with van der Waals surface area (Å²) >= 11 is 0. The minimum Gasteiger partial charge on any atom is -0.386 e. The fourth-order valence-corrected chi connectivity index (χ4v) is 13.1. The maximum atomic E-state index is 14.3. The molecule has 0 saturated carbocycles. The molecule has 11 aromatic carbocycles. The summed E-state index contributed by atoms with van der Waals surface area (Å²) in [7, 11) is 0. The van der Waals surface area contributed by atoms with Crippen LogP contribution in [0.2, 0.25) is 0 Å².